The molecule has 1 atom stereocenters. The topological polar surface area (TPSA) is 71.5 Å². The third-order valence-electron chi connectivity index (χ3n) is 3.27. The molecule has 22 heavy (non-hydrogen) atoms. The smallest absolute Gasteiger partial charge is 0.251 e. The van der Waals surface area contributed by atoms with Crippen molar-refractivity contribution in [1.29, 1.82) is 0 Å². The maximum absolute atomic E-state index is 12.1. The molecular formula is C17H20N2O3. The fourth-order valence-electron chi connectivity index (χ4n) is 1.91. The van der Waals surface area contributed by atoms with E-state index in [0.717, 1.165) is 5.56 Å². The number of rotatable bonds is 7. The molecule has 2 N–H and O–H groups in total. The lowest BCUT2D eigenvalue weighted by Gasteiger charge is -2.14. The van der Waals surface area contributed by atoms with Crippen molar-refractivity contribution in [2.45, 2.75) is 26.0 Å². The van der Waals surface area contributed by atoms with E-state index in [4.69, 9.17) is 9.84 Å². The Balaban J connectivity index is 1.99. The quantitative estimate of drug-likeness (QED) is 0.822. The molecule has 0 spiro atoms. The number of carbonyl (C=O) groups is 1. The number of aromatic nitrogens is 1. The first-order chi connectivity index (χ1) is 10.7. The molecule has 1 aromatic carbocycles. The van der Waals surface area contributed by atoms with E-state index in [1.165, 1.54) is 6.20 Å². The van der Waals surface area contributed by atoms with Crippen LogP contribution in [-0.2, 0) is 6.61 Å². The number of nitrogens with one attached hydrogen (secondary N) is 1. The molecule has 0 aliphatic carbocycles. The number of amides is 1. The molecule has 0 saturated carbocycles. The lowest BCUT2D eigenvalue weighted by atomic mass is 10.2. The summed E-state index contributed by atoms with van der Waals surface area (Å²) in [4.78, 5) is 16.2. The highest BCUT2D eigenvalue weighted by atomic mass is 16.5. The van der Waals surface area contributed by atoms with Crippen molar-refractivity contribution in [2.75, 3.05) is 6.61 Å². The van der Waals surface area contributed by atoms with Crippen molar-refractivity contribution in [3.8, 4) is 5.88 Å². The van der Waals surface area contributed by atoms with Crippen molar-refractivity contribution < 1.29 is 14.6 Å². The van der Waals surface area contributed by atoms with E-state index in [-0.39, 0.29) is 18.6 Å². The predicted octanol–water partition coefficient (Wildman–Crippen LogP) is 2.16. The molecule has 0 aliphatic heterocycles. The van der Waals surface area contributed by atoms with E-state index in [9.17, 15) is 4.79 Å². The fourth-order valence-corrected chi connectivity index (χ4v) is 1.91. The first kappa shape index (κ1) is 16.0. The van der Waals surface area contributed by atoms with Crippen molar-refractivity contribution in [3.05, 3.63) is 59.8 Å². The average Bonchev–Trinajstić information content (AvgIpc) is 2.59. The summed E-state index contributed by atoms with van der Waals surface area (Å²) in [5.41, 5.74) is 1.50. The van der Waals surface area contributed by atoms with Gasteiger partial charge in [0.2, 0.25) is 5.88 Å². The number of aliphatic hydroxyl groups excluding tert-OH is 1. The molecule has 0 aliphatic rings. The van der Waals surface area contributed by atoms with Gasteiger partial charge in [0.25, 0.3) is 5.91 Å². The Hall–Kier alpha value is -2.40. The van der Waals surface area contributed by atoms with Crippen molar-refractivity contribution in [3.63, 3.8) is 0 Å². The van der Waals surface area contributed by atoms with Crippen LogP contribution in [-0.4, -0.2) is 28.6 Å². The maximum Gasteiger partial charge on any atom is 0.251 e. The maximum atomic E-state index is 12.1. The van der Waals surface area contributed by atoms with Crippen LogP contribution in [0.25, 0.3) is 0 Å². The van der Waals surface area contributed by atoms with Crippen LogP contribution in [0, 0.1) is 0 Å². The van der Waals surface area contributed by atoms with Gasteiger partial charge in [0.15, 0.2) is 0 Å². The fraction of sp³-hybridized carbons (Fsp3) is 0.294. The van der Waals surface area contributed by atoms with Gasteiger partial charge in [-0.05, 0) is 18.1 Å². The van der Waals surface area contributed by atoms with Gasteiger partial charge in [0.1, 0.15) is 6.61 Å². The van der Waals surface area contributed by atoms with Crippen LogP contribution < -0.4 is 10.1 Å². The second kappa shape index (κ2) is 8.14. The summed E-state index contributed by atoms with van der Waals surface area (Å²) in [6.07, 6.45) is 2.21. The highest BCUT2D eigenvalue weighted by Gasteiger charge is 2.12. The highest BCUT2D eigenvalue weighted by Crippen LogP contribution is 2.12. The summed E-state index contributed by atoms with van der Waals surface area (Å²) in [6.45, 7) is 2.22. The number of ether oxygens (including phenoxy) is 1. The Labute approximate surface area is 130 Å². The van der Waals surface area contributed by atoms with Gasteiger partial charge in [-0.25, -0.2) is 4.98 Å². The Morgan fingerprint density at radius 3 is 2.77 bits per heavy atom. The van der Waals surface area contributed by atoms with E-state index >= 15 is 0 Å². The van der Waals surface area contributed by atoms with Crippen LogP contribution in [0.3, 0.4) is 0 Å². The molecule has 5 nitrogen and oxygen atoms in total. The number of nitrogens with zero attached hydrogens (tertiary/aromatic N) is 1. The van der Waals surface area contributed by atoms with Crippen LogP contribution in [0.2, 0.25) is 0 Å². The van der Waals surface area contributed by atoms with Gasteiger partial charge >= 0.3 is 0 Å². The van der Waals surface area contributed by atoms with Crippen molar-refractivity contribution >= 4 is 5.91 Å². The zero-order valence-corrected chi connectivity index (χ0v) is 12.5. The van der Waals surface area contributed by atoms with Gasteiger partial charge in [-0.3, -0.25) is 4.79 Å². The molecule has 0 saturated heterocycles. The molecule has 1 unspecified atom stereocenters. The molecule has 116 valence electrons. The van der Waals surface area contributed by atoms with Crippen LogP contribution in [0.1, 0.15) is 29.3 Å². The lowest BCUT2D eigenvalue weighted by Crippen LogP contribution is -2.36. The Morgan fingerprint density at radius 1 is 1.32 bits per heavy atom. The zero-order valence-electron chi connectivity index (χ0n) is 12.5. The number of carbonyl (C=O) groups excluding carboxylic acids is 1. The molecule has 0 radical (unpaired) electrons. The van der Waals surface area contributed by atoms with Crippen LogP contribution in [0.4, 0.5) is 0 Å². The number of hydrogen-bond donors (Lipinski definition) is 2. The largest absolute Gasteiger partial charge is 0.473 e. The van der Waals surface area contributed by atoms with Crippen LogP contribution in [0.5, 0.6) is 5.88 Å². The first-order valence-corrected chi connectivity index (χ1v) is 7.27. The third kappa shape index (κ3) is 4.56. The molecule has 0 bridgehead atoms. The molecule has 5 heteroatoms. The predicted molar refractivity (Wildman–Crippen MR) is 83.6 cm³/mol. The molecule has 0 fully saturated rings. The Morgan fingerprint density at radius 2 is 2.09 bits per heavy atom. The first-order valence-electron chi connectivity index (χ1n) is 7.27. The van der Waals surface area contributed by atoms with E-state index in [1.807, 2.05) is 37.3 Å². The summed E-state index contributed by atoms with van der Waals surface area (Å²) in [5, 5.41) is 11.9. The second-order valence-electron chi connectivity index (χ2n) is 4.92. The van der Waals surface area contributed by atoms with E-state index in [0.29, 0.717) is 24.5 Å². The average molecular weight is 300 g/mol. The van der Waals surface area contributed by atoms with Crippen LogP contribution in [0.15, 0.2) is 48.7 Å². The van der Waals surface area contributed by atoms with Gasteiger partial charge in [-0.1, -0.05) is 37.3 Å². The Bertz CT molecular complexity index is 598. The van der Waals surface area contributed by atoms with Gasteiger partial charge in [-0.15, -0.1) is 0 Å². The van der Waals surface area contributed by atoms with Gasteiger partial charge < -0.3 is 15.2 Å². The minimum Gasteiger partial charge on any atom is -0.473 e. The minimum atomic E-state index is -0.243. The van der Waals surface area contributed by atoms with Gasteiger partial charge in [0.05, 0.1) is 12.6 Å². The van der Waals surface area contributed by atoms with E-state index < -0.39 is 0 Å². The standard InChI is InChI=1S/C17H20N2O3/c1-2-15(11-20)19-17(21)14-8-9-18-16(10-14)22-12-13-6-4-3-5-7-13/h3-10,15,20H,2,11-12H2,1H3,(H,19,21). The summed E-state index contributed by atoms with van der Waals surface area (Å²) < 4.78 is 5.60. The summed E-state index contributed by atoms with van der Waals surface area (Å²) in [6, 6.07) is 12.7. The summed E-state index contributed by atoms with van der Waals surface area (Å²) in [7, 11) is 0. The molecule has 1 amide bonds. The normalized spacial score (nSPS) is 11.7. The number of aliphatic hydroxyl groups is 1. The Kier molecular flexibility index (Phi) is 5.91. The summed E-state index contributed by atoms with van der Waals surface area (Å²) in [5.74, 6) is 0.154. The van der Waals surface area contributed by atoms with E-state index in [2.05, 4.69) is 10.3 Å². The monoisotopic (exact) mass is 300 g/mol. The third-order valence-corrected chi connectivity index (χ3v) is 3.27. The highest BCUT2D eigenvalue weighted by molar-refractivity contribution is 5.94. The van der Waals surface area contributed by atoms with Crippen molar-refractivity contribution in [2.24, 2.45) is 0 Å². The minimum absolute atomic E-state index is 0.0787. The van der Waals surface area contributed by atoms with Crippen molar-refractivity contribution in [1.82, 2.24) is 10.3 Å². The van der Waals surface area contributed by atoms with Gasteiger partial charge in [0, 0.05) is 17.8 Å². The zero-order chi connectivity index (χ0) is 15.8. The molecule has 2 aromatic rings. The van der Waals surface area contributed by atoms with Crippen LogP contribution >= 0.6 is 0 Å². The molecule has 2 rings (SSSR count). The van der Waals surface area contributed by atoms with E-state index in [1.54, 1.807) is 12.1 Å². The number of hydrogen-bond acceptors (Lipinski definition) is 4. The second-order valence-corrected chi connectivity index (χ2v) is 4.92. The summed E-state index contributed by atoms with van der Waals surface area (Å²) >= 11 is 0. The molecule has 1 aromatic heterocycles. The SMILES string of the molecule is CCC(CO)NC(=O)c1ccnc(OCc2ccccc2)c1. The lowest BCUT2D eigenvalue weighted by molar-refractivity contribution is 0.0914. The molecule has 1 heterocycles. The molecular weight excluding hydrogens is 280 g/mol. The number of benzene rings is 1. The number of pyridine rings is 1. The van der Waals surface area contributed by atoms with Gasteiger partial charge in [-0.2, -0.15) is 0 Å².